The van der Waals surface area contributed by atoms with Crippen molar-refractivity contribution >= 4 is 0 Å². The Morgan fingerprint density at radius 2 is 1.40 bits per heavy atom. The molecular formula is C25H28. The average Bonchev–Trinajstić information content (AvgIpc) is 2.62. The van der Waals surface area contributed by atoms with E-state index in [0.29, 0.717) is 0 Å². The van der Waals surface area contributed by atoms with Crippen LogP contribution in [0.1, 0.15) is 42.0 Å². The summed E-state index contributed by atoms with van der Waals surface area (Å²) in [4.78, 5) is 0. The predicted molar refractivity (Wildman–Crippen MR) is 110 cm³/mol. The molecule has 0 nitrogen and oxygen atoms in total. The minimum Gasteiger partial charge on any atom is -0.0654 e. The largest absolute Gasteiger partial charge is 0.0654 e. The molecule has 0 spiro atoms. The lowest BCUT2D eigenvalue weighted by atomic mass is 9.88. The van der Waals surface area contributed by atoms with Gasteiger partial charge >= 0.3 is 0 Å². The van der Waals surface area contributed by atoms with Crippen molar-refractivity contribution in [3.05, 3.63) is 82.9 Å². The SMILES string of the molecule is CCCCc1ccccc1-c1ccc(-c2cccc(C)c2)c(C)c1C. The topological polar surface area (TPSA) is 0 Å². The molecule has 128 valence electrons. The number of aryl methyl sites for hydroxylation is 2. The van der Waals surface area contributed by atoms with E-state index < -0.39 is 0 Å². The summed E-state index contributed by atoms with van der Waals surface area (Å²) in [5, 5.41) is 0. The minimum atomic E-state index is 1.16. The molecule has 0 aromatic heterocycles. The van der Waals surface area contributed by atoms with Gasteiger partial charge in [-0.25, -0.2) is 0 Å². The minimum absolute atomic E-state index is 1.16. The zero-order valence-electron chi connectivity index (χ0n) is 15.9. The third-order valence-corrected chi connectivity index (χ3v) is 5.22. The van der Waals surface area contributed by atoms with E-state index in [9.17, 15) is 0 Å². The molecule has 0 atom stereocenters. The van der Waals surface area contributed by atoms with Crippen LogP contribution in [-0.4, -0.2) is 0 Å². The summed E-state index contributed by atoms with van der Waals surface area (Å²) in [6.45, 7) is 8.93. The van der Waals surface area contributed by atoms with Gasteiger partial charge in [-0.05, 0) is 72.6 Å². The van der Waals surface area contributed by atoms with Gasteiger partial charge in [0.2, 0.25) is 0 Å². The molecule has 0 heterocycles. The van der Waals surface area contributed by atoms with Gasteiger partial charge in [-0.1, -0.05) is 79.6 Å². The van der Waals surface area contributed by atoms with Crippen molar-refractivity contribution in [3.8, 4) is 22.3 Å². The van der Waals surface area contributed by atoms with E-state index in [4.69, 9.17) is 0 Å². The fourth-order valence-corrected chi connectivity index (χ4v) is 3.61. The summed E-state index contributed by atoms with van der Waals surface area (Å²) in [6, 6.07) is 22.3. The Balaban J connectivity index is 2.07. The van der Waals surface area contributed by atoms with E-state index in [0.717, 1.165) is 6.42 Å². The second-order valence-corrected chi connectivity index (χ2v) is 7.04. The van der Waals surface area contributed by atoms with Crippen LogP contribution in [0.2, 0.25) is 0 Å². The Hall–Kier alpha value is -2.34. The van der Waals surface area contributed by atoms with Crippen LogP contribution in [0, 0.1) is 20.8 Å². The van der Waals surface area contributed by atoms with Gasteiger partial charge in [0.25, 0.3) is 0 Å². The monoisotopic (exact) mass is 328 g/mol. The molecule has 0 unspecified atom stereocenters. The predicted octanol–water partition coefficient (Wildman–Crippen LogP) is 7.29. The molecule has 0 N–H and O–H groups in total. The Morgan fingerprint density at radius 3 is 2.16 bits per heavy atom. The molecule has 0 fully saturated rings. The van der Waals surface area contributed by atoms with E-state index in [2.05, 4.69) is 88.4 Å². The molecule has 0 aliphatic carbocycles. The first-order valence-electron chi connectivity index (χ1n) is 9.37. The van der Waals surface area contributed by atoms with Crippen LogP contribution in [-0.2, 0) is 6.42 Å². The van der Waals surface area contributed by atoms with Gasteiger partial charge < -0.3 is 0 Å². The molecule has 0 amide bonds. The number of hydrogen-bond acceptors (Lipinski definition) is 0. The van der Waals surface area contributed by atoms with E-state index in [-0.39, 0.29) is 0 Å². The van der Waals surface area contributed by atoms with Crippen LogP contribution in [0.4, 0.5) is 0 Å². The van der Waals surface area contributed by atoms with Crippen molar-refractivity contribution in [2.75, 3.05) is 0 Å². The molecule has 0 bridgehead atoms. The lowest BCUT2D eigenvalue weighted by molar-refractivity contribution is 0.796. The summed E-state index contributed by atoms with van der Waals surface area (Å²) in [5.74, 6) is 0. The Morgan fingerprint density at radius 1 is 0.680 bits per heavy atom. The normalized spacial score (nSPS) is 10.9. The van der Waals surface area contributed by atoms with Crippen molar-refractivity contribution < 1.29 is 0 Å². The fraction of sp³-hybridized carbons (Fsp3) is 0.280. The fourth-order valence-electron chi connectivity index (χ4n) is 3.61. The molecule has 0 heteroatoms. The molecule has 3 aromatic carbocycles. The summed E-state index contributed by atoms with van der Waals surface area (Å²) in [5.41, 5.74) is 11.0. The first kappa shape index (κ1) is 17.5. The third-order valence-electron chi connectivity index (χ3n) is 5.22. The summed E-state index contributed by atoms with van der Waals surface area (Å²) in [6.07, 6.45) is 3.64. The van der Waals surface area contributed by atoms with Crippen LogP contribution in [0.5, 0.6) is 0 Å². The lowest BCUT2D eigenvalue weighted by Gasteiger charge is -2.17. The molecule has 0 radical (unpaired) electrons. The van der Waals surface area contributed by atoms with Crippen LogP contribution >= 0.6 is 0 Å². The molecule has 25 heavy (non-hydrogen) atoms. The number of unbranched alkanes of at least 4 members (excludes halogenated alkanes) is 1. The van der Waals surface area contributed by atoms with Crippen molar-refractivity contribution in [1.29, 1.82) is 0 Å². The highest BCUT2D eigenvalue weighted by Crippen LogP contribution is 2.34. The Labute approximate surface area is 152 Å². The second kappa shape index (κ2) is 7.70. The van der Waals surface area contributed by atoms with Crippen LogP contribution in [0.3, 0.4) is 0 Å². The maximum absolute atomic E-state index is 2.31. The Kier molecular flexibility index (Phi) is 5.38. The van der Waals surface area contributed by atoms with Crippen molar-refractivity contribution in [2.24, 2.45) is 0 Å². The zero-order chi connectivity index (χ0) is 17.8. The maximum atomic E-state index is 2.31. The first-order valence-corrected chi connectivity index (χ1v) is 9.37. The molecule has 0 aliphatic rings. The maximum Gasteiger partial charge on any atom is -0.0149 e. The van der Waals surface area contributed by atoms with Crippen LogP contribution in [0.25, 0.3) is 22.3 Å². The van der Waals surface area contributed by atoms with Gasteiger partial charge in [-0.2, -0.15) is 0 Å². The van der Waals surface area contributed by atoms with Crippen molar-refractivity contribution in [1.82, 2.24) is 0 Å². The van der Waals surface area contributed by atoms with Gasteiger partial charge in [0.05, 0.1) is 0 Å². The third kappa shape index (κ3) is 3.69. The van der Waals surface area contributed by atoms with Crippen molar-refractivity contribution in [2.45, 2.75) is 47.0 Å². The summed E-state index contributed by atoms with van der Waals surface area (Å²) >= 11 is 0. The highest BCUT2D eigenvalue weighted by atomic mass is 14.2. The molecule has 0 saturated carbocycles. The van der Waals surface area contributed by atoms with Crippen LogP contribution < -0.4 is 0 Å². The standard InChI is InChI=1S/C25H28/c1-5-6-11-21-12-7-8-14-25(21)24-16-15-23(19(3)20(24)4)22-13-9-10-18(2)17-22/h7-10,12-17H,5-6,11H2,1-4H3. The highest BCUT2D eigenvalue weighted by molar-refractivity contribution is 5.78. The van der Waals surface area contributed by atoms with E-state index in [1.165, 1.54) is 57.3 Å². The van der Waals surface area contributed by atoms with E-state index >= 15 is 0 Å². The van der Waals surface area contributed by atoms with E-state index in [1.54, 1.807) is 0 Å². The van der Waals surface area contributed by atoms with Gasteiger partial charge in [0.15, 0.2) is 0 Å². The Bertz CT molecular complexity index is 871. The van der Waals surface area contributed by atoms with Gasteiger partial charge in [-0.15, -0.1) is 0 Å². The zero-order valence-corrected chi connectivity index (χ0v) is 15.9. The highest BCUT2D eigenvalue weighted by Gasteiger charge is 2.12. The van der Waals surface area contributed by atoms with Crippen molar-refractivity contribution in [3.63, 3.8) is 0 Å². The lowest BCUT2D eigenvalue weighted by Crippen LogP contribution is -1.95. The summed E-state index contributed by atoms with van der Waals surface area (Å²) < 4.78 is 0. The molecule has 0 aliphatic heterocycles. The summed E-state index contributed by atoms with van der Waals surface area (Å²) in [7, 11) is 0. The van der Waals surface area contributed by atoms with Gasteiger partial charge in [0, 0.05) is 0 Å². The smallest absolute Gasteiger partial charge is 0.0149 e. The quantitative estimate of drug-likeness (QED) is 0.461. The molecule has 0 saturated heterocycles. The number of rotatable bonds is 5. The van der Waals surface area contributed by atoms with Gasteiger partial charge in [0.1, 0.15) is 0 Å². The molecular weight excluding hydrogens is 300 g/mol. The molecule has 3 rings (SSSR count). The average molecular weight is 328 g/mol. The van der Waals surface area contributed by atoms with E-state index in [1.807, 2.05) is 0 Å². The first-order chi connectivity index (χ1) is 12.1. The number of benzene rings is 3. The van der Waals surface area contributed by atoms with Gasteiger partial charge in [-0.3, -0.25) is 0 Å². The van der Waals surface area contributed by atoms with Crippen LogP contribution in [0.15, 0.2) is 60.7 Å². The number of hydrogen-bond donors (Lipinski definition) is 0. The molecule has 3 aromatic rings. The second-order valence-electron chi connectivity index (χ2n) is 7.04.